The molecule has 64 valence electrons. The van der Waals surface area contributed by atoms with Gasteiger partial charge in [-0.2, -0.15) is 0 Å². The Morgan fingerprint density at radius 3 is 2.18 bits per heavy atom. The average molecular weight is 176 g/mol. The largest absolute Gasteiger partial charge is 0.463 e. The maximum atomic E-state index is 10.1. The van der Waals surface area contributed by atoms with Crippen molar-refractivity contribution in [3.63, 3.8) is 0 Å². The first-order valence-electron chi connectivity index (χ1n) is 2.88. The van der Waals surface area contributed by atoms with Crippen molar-refractivity contribution in [3.05, 3.63) is 12.7 Å². The summed E-state index contributed by atoms with van der Waals surface area (Å²) < 4.78 is 4.43. The van der Waals surface area contributed by atoms with Crippen LogP contribution in [0.15, 0.2) is 12.7 Å². The maximum Gasteiger partial charge on any atom is 0.330 e. The fourth-order valence-electron chi connectivity index (χ4n) is 0.201. The monoisotopic (exact) mass is 176 g/mol. The highest BCUT2D eigenvalue weighted by Crippen LogP contribution is 1.74. The first-order chi connectivity index (χ1) is 5.04. The zero-order chi connectivity index (χ0) is 9.28. The molecule has 0 atom stereocenters. The number of nitrogens with two attached hydrogens (primary N) is 2. The quantitative estimate of drug-likeness (QED) is 0.349. The van der Waals surface area contributed by atoms with Crippen molar-refractivity contribution >= 4 is 23.3 Å². The van der Waals surface area contributed by atoms with Gasteiger partial charge in [0.2, 0.25) is 0 Å². The lowest BCUT2D eigenvalue weighted by atomic mass is 10.6. The van der Waals surface area contributed by atoms with E-state index in [0.717, 1.165) is 6.08 Å². The number of esters is 1. The summed E-state index contributed by atoms with van der Waals surface area (Å²) in [4.78, 5) is 10.1. The lowest BCUT2D eigenvalue weighted by Crippen LogP contribution is -2.18. The van der Waals surface area contributed by atoms with Gasteiger partial charge < -0.3 is 16.2 Å². The molecule has 0 heterocycles. The third-order valence-corrected chi connectivity index (χ3v) is 0.453. The number of hydrogen-bond donors (Lipinski definition) is 2. The van der Waals surface area contributed by atoms with Gasteiger partial charge in [-0.15, -0.1) is 0 Å². The lowest BCUT2D eigenvalue weighted by Gasteiger charge is -1.90. The molecule has 4 nitrogen and oxygen atoms in total. The molecule has 0 radical (unpaired) electrons. The summed E-state index contributed by atoms with van der Waals surface area (Å²) in [6.07, 6.45) is 1.14. The normalized spacial score (nSPS) is 7.00. The summed E-state index contributed by atoms with van der Waals surface area (Å²) >= 11 is 4.09. The van der Waals surface area contributed by atoms with Crippen molar-refractivity contribution in [2.24, 2.45) is 11.5 Å². The molecule has 11 heavy (non-hydrogen) atoms. The molecule has 4 N–H and O–H groups in total. The predicted octanol–water partition coefficient (Wildman–Crippen LogP) is -0.0758. The number of thiocarbonyl (C=S) groups is 1. The Morgan fingerprint density at radius 1 is 1.73 bits per heavy atom. The number of carbonyl (C=O) groups is 1. The highest BCUT2D eigenvalue weighted by atomic mass is 32.1. The van der Waals surface area contributed by atoms with Crippen LogP contribution in [0.4, 0.5) is 0 Å². The van der Waals surface area contributed by atoms with Crippen molar-refractivity contribution in [1.29, 1.82) is 0 Å². The van der Waals surface area contributed by atoms with Gasteiger partial charge in [0.25, 0.3) is 0 Å². The van der Waals surface area contributed by atoms with Gasteiger partial charge in [0.05, 0.1) is 6.61 Å². The van der Waals surface area contributed by atoms with Crippen LogP contribution in [0, 0.1) is 0 Å². The molecule has 0 aliphatic rings. The van der Waals surface area contributed by atoms with E-state index in [0.29, 0.717) is 6.61 Å². The van der Waals surface area contributed by atoms with Crippen LogP contribution in [0.2, 0.25) is 0 Å². The summed E-state index contributed by atoms with van der Waals surface area (Å²) in [5.74, 6) is -0.359. The van der Waals surface area contributed by atoms with E-state index in [4.69, 9.17) is 0 Å². The SMILES string of the molecule is C=CC(=O)OCC.NC(N)=S. The van der Waals surface area contributed by atoms with Crippen LogP contribution < -0.4 is 11.5 Å². The third kappa shape index (κ3) is 27.9. The molecule has 0 saturated heterocycles. The van der Waals surface area contributed by atoms with Crippen LogP contribution in [0.5, 0.6) is 0 Å². The van der Waals surface area contributed by atoms with Gasteiger partial charge in [0.15, 0.2) is 5.11 Å². The first kappa shape index (κ1) is 12.6. The number of hydrogen-bond acceptors (Lipinski definition) is 3. The Kier molecular flexibility index (Phi) is 10.2. The van der Waals surface area contributed by atoms with Crippen LogP contribution >= 0.6 is 12.2 Å². The molecule has 0 aromatic heterocycles. The zero-order valence-corrected chi connectivity index (χ0v) is 7.19. The Morgan fingerprint density at radius 2 is 2.09 bits per heavy atom. The Labute approximate surface area is 71.2 Å². The molecule has 0 unspecified atom stereocenters. The molecule has 0 fully saturated rings. The number of ether oxygens (including phenoxy) is 1. The number of rotatable bonds is 2. The molecule has 0 aromatic carbocycles. The maximum absolute atomic E-state index is 10.1. The molecule has 0 amide bonds. The van der Waals surface area contributed by atoms with E-state index < -0.39 is 0 Å². The molecular weight excluding hydrogens is 164 g/mol. The third-order valence-electron chi connectivity index (χ3n) is 0.453. The second-order valence-electron chi connectivity index (χ2n) is 1.36. The summed E-state index contributed by atoms with van der Waals surface area (Å²) in [7, 11) is 0. The summed E-state index contributed by atoms with van der Waals surface area (Å²) in [6.45, 7) is 5.38. The molecule has 5 heteroatoms. The van der Waals surface area contributed by atoms with E-state index in [1.165, 1.54) is 0 Å². The van der Waals surface area contributed by atoms with Crippen molar-refractivity contribution in [2.75, 3.05) is 6.61 Å². The van der Waals surface area contributed by atoms with Crippen LogP contribution in [0.3, 0.4) is 0 Å². The van der Waals surface area contributed by atoms with E-state index in [1.54, 1.807) is 6.92 Å². The Hall–Kier alpha value is -1.10. The standard InChI is InChI=1S/C5H8O2.CH4N2S/c1-3-5(6)7-4-2;2-1(3)4/h3H,1,4H2,2H3;(H4,2,3,4). The topological polar surface area (TPSA) is 78.3 Å². The Balaban J connectivity index is 0. The Bertz CT molecular complexity index is 144. The summed E-state index contributed by atoms with van der Waals surface area (Å²) in [6, 6.07) is 0. The van der Waals surface area contributed by atoms with E-state index in [2.05, 4.69) is 35.0 Å². The van der Waals surface area contributed by atoms with Gasteiger partial charge in [-0.05, 0) is 19.1 Å². The van der Waals surface area contributed by atoms with Crippen molar-refractivity contribution in [1.82, 2.24) is 0 Å². The van der Waals surface area contributed by atoms with Crippen LogP contribution in [-0.4, -0.2) is 17.7 Å². The van der Waals surface area contributed by atoms with Crippen molar-refractivity contribution < 1.29 is 9.53 Å². The fraction of sp³-hybridized carbons (Fsp3) is 0.333. The minimum atomic E-state index is -0.359. The van der Waals surface area contributed by atoms with Crippen molar-refractivity contribution in [3.8, 4) is 0 Å². The molecule has 0 spiro atoms. The molecular formula is C6H12N2O2S. The second kappa shape index (κ2) is 8.90. The summed E-state index contributed by atoms with van der Waals surface area (Å²) in [5, 5.41) is 0.000000000000000222. The molecule has 0 aromatic rings. The molecule has 0 bridgehead atoms. The second-order valence-corrected chi connectivity index (χ2v) is 1.83. The minimum absolute atomic E-state index is 0.000000000000000222. The van der Waals surface area contributed by atoms with E-state index in [1.807, 2.05) is 0 Å². The molecule has 0 rings (SSSR count). The van der Waals surface area contributed by atoms with Gasteiger partial charge in [0.1, 0.15) is 0 Å². The molecule has 0 aliphatic carbocycles. The van der Waals surface area contributed by atoms with E-state index in [9.17, 15) is 4.79 Å². The highest BCUT2D eigenvalue weighted by molar-refractivity contribution is 7.80. The zero-order valence-electron chi connectivity index (χ0n) is 6.37. The highest BCUT2D eigenvalue weighted by Gasteiger charge is 1.86. The van der Waals surface area contributed by atoms with E-state index in [-0.39, 0.29) is 11.1 Å². The minimum Gasteiger partial charge on any atom is -0.463 e. The van der Waals surface area contributed by atoms with Gasteiger partial charge in [0, 0.05) is 6.08 Å². The smallest absolute Gasteiger partial charge is 0.330 e. The van der Waals surface area contributed by atoms with Gasteiger partial charge in [-0.1, -0.05) is 6.58 Å². The number of carbonyl (C=O) groups excluding carboxylic acids is 1. The van der Waals surface area contributed by atoms with Crippen LogP contribution in [-0.2, 0) is 9.53 Å². The lowest BCUT2D eigenvalue weighted by molar-refractivity contribution is -0.137. The van der Waals surface area contributed by atoms with E-state index >= 15 is 0 Å². The average Bonchev–Trinajstić information content (AvgIpc) is 1.87. The molecule has 0 saturated carbocycles. The predicted molar refractivity (Wildman–Crippen MR) is 47.8 cm³/mol. The van der Waals surface area contributed by atoms with Gasteiger partial charge >= 0.3 is 5.97 Å². The van der Waals surface area contributed by atoms with Crippen molar-refractivity contribution in [2.45, 2.75) is 6.92 Å². The van der Waals surface area contributed by atoms with Crippen LogP contribution in [0.25, 0.3) is 0 Å². The van der Waals surface area contributed by atoms with Gasteiger partial charge in [-0.25, -0.2) is 4.79 Å². The van der Waals surface area contributed by atoms with Crippen LogP contribution in [0.1, 0.15) is 6.92 Å². The molecule has 0 aliphatic heterocycles. The first-order valence-corrected chi connectivity index (χ1v) is 3.29. The summed E-state index contributed by atoms with van der Waals surface area (Å²) in [5.41, 5.74) is 9.24. The fourth-order valence-corrected chi connectivity index (χ4v) is 0.201. The van der Waals surface area contributed by atoms with Gasteiger partial charge in [-0.3, -0.25) is 0 Å².